The van der Waals surface area contributed by atoms with E-state index in [1.165, 1.54) is 0 Å². The molecule has 0 fully saturated rings. The topological polar surface area (TPSA) is 64.3 Å². The molecule has 118 valence electrons. The number of ether oxygens (including phenoxy) is 1. The number of primary amides is 1. The lowest BCUT2D eigenvalue weighted by atomic mass is 10.1. The second-order valence-corrected chi connectivity index (χ2v) is 6.36. The summed E-state index contributed by atoms with van der Waals surface area (Å²) in [5.74, 6) is 0.303. The molecule has 0 saturated carbocycles. The summed E-state index contributed by atoms with van der Waals surface area (Å²) in [5.41, 5.74) is 6.09. The highest BCUT2D eigenvalue weighted by molar-refractivity contribution is 6.35. The monoisotopic (exact) mass is 332 g/mol. The van der Waals surface area contributed by atoms with Crippen molar-refractivity contribution in [3.63, 3.8) is 0 Å². The lowest BCUT2D eigenvalue weighted by molar-refractivity contribution is -0.122. The number of benzene rings is 1. The van der Waals surface area contributed by atoms with Crippen LogP contribution in [0.4, 0.5) is 0 Å². The maximum absolute atomic E-state index is 11.1. The molecule has 1 rings (SSSR count). The first-order valence-electron chi connectivity index (χ1n) is 6.92. The van der Waals surface area contributed by atoms with E-state index in [0.717, 1.165) is 12.1 Å². The highest BCUT2D eigenvalue weighted by Crippen LogP contribution is 2.32. The average molecular weight is 333 g/mol. The van der Waals surface area contributed by atoms with Crippen molar-refractivity contribution in [2.24, 2.45) is 17.6 Å². The van der Waals surface area contributed by atoms with Gasteiger partial charge in [0.05, 0.1) is 17.5 Å². The number of hydrogen-bond acceptors (Lipinski definition) is 3. The van der Waals surface area contributed by atoms with E-state index < -0.39 is 5.91 Å². The first kappa shape index (κ1) is 18.1. The summed E-state index contributed by atoms with van der Waals surface area (Å²) in [7, 11) is 0. The highest BCUT2D eigenvalue weighted by Gasteiger charge is 2.15. The van der Waals surface area contributed by atoms with Gasteiger partial charge in [0, 0.05) is 17.1 Å². The standard InChI is InChI=1S/C15H22Cl2N2O2/c1-9(2)6-19-7-11-4-12(16)5-13(17)14(11)21-8-10(3)15(18)20/h4-5,9-10,19H,6-8H2,1-3H3,(H2,18,20). The van der Waals surface area contributed by atoms with Gasteiger partial charge in [0.2, 0.25) is 5.91 Å². The molecule has 6 heteroatoms. The molecular formula is C15H22Cl2N2O2. The number of rotatable bonds is 8. The fourth-order valence-electron chi connectivity index (χ4n) is 1.69. The Kier molecular flexibility index (Phi) is 7.29. The van der Waals surface area contributed by atoms with Crippen LogP contribution in [0, 0.1) is 11.8 Å². The Balaban J connectivity index is 2.82. The zero-order valence-electron chi connectivity index (χ0n) is 12.6. The molecule has 0 aliphatic heterocycles. The van der Waals surface area contributed by atoms with Crippen molar-refractivity contribution in [2.75, 3.05) is 13.2 Å². The predicted octanol–water partition coefficient (Wildman–Crippen LogP) is 3.24. The van der Waals surface area contributed by atoms with E-state index in [0.29, 0.717) is 28.3 Å². The molecule has 1 aromatic rings. The highest BCUT2D eigenvalue weighted by atomic mass is 35.5. The third-order valence-electron chi connectivity index (χ3n) is 2.92. The van der Waals surface area contributed by atoms with Gasteiger partial charge in [-0.3, -0.25) is 4.79 Å². The quantitative estimate of drug-likeness (QED) is 0.768. The number of carbonyl (C=O) groups excluding carboxylic acids is 1. The number of nitrogens with two attached hydrogens (primary N) is 1. The van der Waals surface area contributed by atoms with Crippen LogP contribution < -0.4 is 15.8 Å². The Morgan fingerprint density at radius 2 is 2.00 bits per heavy atom. The van der Waals surface area contributed by atoms with E-state index in [1.807, 2.05) is 6.07 Å². The van der Waals surface area contributed by atoms with Gasteiger partial charge >= 0.3 is 0 Å². The van der Waals surface area contributed by atoms with Crippen LogP contribution in [0.15, 0.2) is 12.1 Å². The molecular weight excluding hydrogens is 311 g/mol. The second kappa shape index (κ2) is 8.47. The van der Waals surface area contributed by atoms with Crippen LogP contribution in [0.2, 0.25) is 10.0 Å². The summed E-state index contributed by atoms with van der Waals surface area (Å²) in [5, 5.41) is 4.30. The molecule has 0 bridgehead atoms. The Hall–Kier alpha value is -0.970. The Labute approximate surface area is 135 Å². The van der Waals surface area contributed by atoms with Crippen molar-refractivity contribution in [1.82, 2.24) is 5.32 Å². The number of nitrogens with one attached hydrogen (secondary N) is 1. The Bertz CT molecular complexity index is 493. The molecule has 21 heavy (non-hydrogen) atoms. The van der Waals surface area contributed by atoms with Gasteiger partial charge in [0.15, 0.2) is 0 Å². The van der Waals surface area contributed by atoms with Crippen molar-refractivity contribution in [1.29, 1.82) is 0 Å². The van der Waals surface area contributed by atoms with E-state index in [2.05, 4.69) is 19.2 Å². The first-order valence-corrected chi connectivity index (χ1v) is 7.67. The van der Waals surface area contributed by atoms with Crippen LogP contribution in [0.5, 0.6) is 5.75 Å². The van der Waals surface area contributed by atoms with Gasteiger partial charge in [0.1, 0.15) is 5.75 Å². The van der Waals surface area contributed by atoms with E-state index in [4.69, 9.17) is 33.7 Å². The summed E-state index contributed by atoms with van der Waals surface area (Å²) in [4.78, 5) is 11.1. The van der Waals surface area contributed by atoms with Crippen LogP contribution >= 0.6 is 23.2 Å². The van der Waals surface area contributed by atoms with Crippen molar-refractivity contribution >= 4 is 29.1 Å². The van der Waals surface area contributed by atoms with Crippen molar-refractivity contribution in [3.05, 3.63) is 27.7 Å². The van der Waals surface area contributed by atoms with Crippen LogP contribution in [-0.2, 0) is 11.3 Å². The molecule has 4 nitrogen and oxygen atoms in total. The molecule has 0 spiro atoms. The summed E-state index contributed by atoms with van der Waals surface area (Å²) in [6.07, 6.45) is 0. The van der Waals surface area contributed by atoms with Crippen LogP contribution in [0.25, 0.3) is 0 Å². The maximum atomic E-state index is 11.1. The molecule has 1 atom stereocenters. The molecule has 3 N–H and O–H groups in total. The molecule has 1 amide bonds. The molecule has 1 unspecified atom stereocenters. The Morgan fingerprint density at radius 1 is 1.33 bits per heavy atom. The Morgan fingerprint density at radius 3 is 2.57 bits per heavy atom. The molecule has 1 aromatic carbocycles. The summed E-state index contributed by atoms with van der Waals surface area (Å²) in [6.45, 7) is 7.63. The molecule has 0 radical (unpaired) electrons. The number of hydrogen-bond donors (Lipinski definition) is 2. The van der Waals surface area contributed by atoms with Gasteiger partial charge in [-0.05, 0) is 24.6 Å². The smallest absolute Gasteiger partial charge is 0.223 e. The zero-order chi connectivity index (χ0) is 16.0. The van der Waals surface area contributed by atoms with Crippen molar-refractivity contribution in [3.8, 4) is 5.75 Å². The van der Waals surface area contributed by atoms with Crippen LogP contribution in [0.3, 0.4) is 0 Å². The third kappa shape index (κ3) is 6.12. The van der Waals surface area contributed by atoms with E-state index >= 15 is 0 Å². The van der Waals surface area contributed by atoms with Gasteiger partial charge < -0.3 is 15.8 Å². The fourth-order valence-corrected chi connectivity index (χ4v) is 2.28. The van der Waals surface area contributed by atoms with Gasteiger partial charge in [-0.25, -0.2) is 0 Å². The lowest BCUT2D eigenvalue weighted by Crippen LogP contribution is -2.26. The number of halogens is 2. The molecule has 0 saturated heterocycles. The van der Waals surface area contributed by atoms with Gasteiger partial charge in [-0.2, -0.15) is 0 Å². The van der Waals surface area contributed by atoms with Crippen LogP contribution in [0.1, 0.15) is 26.3 Å². The molecule has 0 aliphatic carbocycles. The molecule has 0 heterocycles. The lowest BCUT2D eigenvalue weighted by Gasteiger charge is -2.16. The zero-order valence-corrected chi connectivity index (χ0v) is 14.1. The number of amides is 1. The minimum absolute atomic E-state index is 0.188. The third-order valence-corrected chi connectivity index (χ3v) is 3.42. The normalized spacial score (nSPS) is 12.5. The van der Waals surface area contributed by atoms with Gasteiger partial charge in [-0.15, -0.1) is 0 Å². The van der Waals surface area contributed by atoms with E-state index in [9.17, 15) is 4.79 Å². The second-order valence-electron chi connectivity index (χ2n) is 5.52. The largest absolute Gasteiger partial charge is 0.491 e. The number of carbonyl (C=O) groups is 1. The van der Waals surface area contributed by atoms with Gasteiger partial charge in [0.25, 0.3) is 0 Å². The molecule has 0 aromatic heterocycles. The fraction of sp³-hybridized carbons (Fsp3) is 0.533. The van der Waals surface area contributed by atoms with Crippen molar-refractivity contribution in [2.45, 2.75) is 27.3 Å². The minimum Gasteiger partial charge on any atom is -0.491 e. The summed E-state index contributed by atoms with van der Waals surface area (Å²) >= 11 is 12.2. The van der Waals surface area contributed by atoms with E-state index in [1.54, 1.807) is 13.0 Å². The maximum Gasteiger partial charge on any atom is 0.223 e. The van der Waals surface area contributed by atoms with Crippen LogP contribution in [-0.4, -0.2) is 19.1 Å². The SMILES string of the molecule is CC(C)CNCc1cc(Cl)cc(Cl)c1OCC(C)C(N)=O. The first-order chi connectivity index (χ1) is 9.81. The van der Waals surface area contributed by atoms with E-state index in [-0.39, 0.29) is 12.5 Å². The van der Waals surface area contributed by atoms with Gasteiger partial charge in [-0.1, -0.05) is 44.0 Å². The van der Waals surface area contributed by atoms with Crippen molar-refractivity contribution < 1.29 is 9.53 Å². The average Bonchev–Trinajstić information content (AvgIpc) is 2.36. The molecule has 0 aliphatic rings. The predicted molar refractivity (Wildman–Crippen MR) is 86.9 cm³/mol. The minimum atomic E-state index is -0.403. The summed E-state index contributed by atoms with van der Waals surface area (Å²) < 4.78 is 5.67. The summed E-state index contributed by atoms with van der Waals surface area (Å²) in [6, 6.07) is 3.43.